The molecular weight excluding hydrogens is 348 g/mol. The molecule has 2 aromatic rings. The summed E-state index contributed by atoms with van der Waals surface area (Å²) in [6.07, 6.45) is 3.31. The summed E-state index contributed by atoms with van der Waals surface area (Å²) in [6, 6.07) is 10.9. The maximum absolute atomic E-state index is 4.50. The highest BCUT2D eigenvalue weighted by atomic mass is 15.3. The molecule has 0 amide bonds. The van der Waals surface area contributed by atoms with Gasteiger partial charge in [0.2, 0.25) is 0 Å². The van der Waals surface area contributed by atoms with Gasteiger partial charge in [0.25, 0.3) is 0 Å². The fourth-order valence-electron chi connectivity index (χ4n) is 3.81. The second-order valence-electron chi connectivity index (χ2n) is 7.58. The average Bonchev–Trinajstić information content (AvgIpc) is 3.03. The van der Waals surface area contributed by atoms with E-state index in [4.69, 9.17) is 0 Å². The third-order valence-electron chi connectivity index (χ3n) is 5.32. The molecule has 1 aromatic carbocycles. The molecule has 0 saturated heterocycles. The molecule has 1 aliphatic rings. The number of aromatic nitrogens is 2. The Hall–Kier alpha value is -2.34. The van der Waals surface area contributed by atoms with Crippen LogP contribution in [0.15, 0.2) is 35.3 Å². The van der Waals surface area contributed by atoms with Crippen LogP contribution in [0, 0.1) is 13.8 Å². The highest BCUT2D eigenvalue weighted by Crippen LogP contribution is 2.18. The molecular formula is C22H34N6. The lowest BCUT2D eigenvalue weighted by molar-refractivity contribution is 0.251. The van der Waals surface area contributed by atoms with E-state index in [1.54, 1.807) is 0 Å². The van der Waals surface area contributed by atoms with Gasteiger partial charge in [0, 0.05) is 52.0 Å². The van der Waals surface area contributed by atoms with E-state index in [-0.39, 0.29) is 0 Å². The Morgan fingerprint density at radius 2 is 1.79 bits per heavy atom. The number of aliphatic imine (C=N–C) groups is 1. The van der Waals surface area contributed by atoms with Crippen molar-refractivity contribution in [1.29, 1.82) is 0 Å². The number of nitrogens with one attached hydrogen (secondary N) is 2. The Morgan fingerprint density at radius 1 is 1.07 bits per heavy atom. The van der Waals surface area contributed by atoms with Crippen molar-refractivity contribution < 1.29 is 0 Å². The molecule has 28 heavy (non-hydrogen) atoms. The van der Waals surface area contributed by atoms with Gasteiger partial charge in [-0.25, -0.2) is 0 Å². The van der Waals surface area contributed by atoms with Gasteiger partial charge in [-0.1, -0.05) is 24.3 Å². The molecule has 0 spiro atoms. The maximum Gasteiger partial charge on any atom is 0.190 e. The van der Waals surface area contributed by atoms with Crippen LogP contribution in [0.3, 0.4) is 0 Å². The Kier molecular flexibility index (Phi) is 7.48. The molecule has 0 bridgehead atoms. The largest absolute Gasteiger partial charge is 0.356 e. The second kappa shape index (κ2) is 10.3. The Balaban J connectivity index is 1.29. The van der Waals surface area contributed by atoms with Crippen molar-refractivity contribution in [3.8, 4) is 0 Å². The minimum Gasteiger partial charge on any atom is -0.356 e. The summed E-state index contributed by atoms with van der Waals surface area (Å²) in [4.78, 5) is 6.88. The minimum absolute atomic E-state index is 0.886. The Labute approximate surface area is 169 Å². The summed E-state index contributed by atoms with van der Waals surface area (Å²) in [5.41, 5.74) is 5.31. The van der Waals surface area contributed by atoms with Crippen LogP contribution >= 0.6 is 0 Å². The molecule has 0 atom stereocenters. The standard InChI is InChI=1S/C22H34N6/c1-18-16-19(2)28(26-18)14-7-12-25-22(23-3)24-11-6-13-27-15-10-20-8-4-5-9-21(20)17-27/h4-5,8-9,16H,6-7,10-15,17H2,1-3H3,(H2,23,24,25). The van der Waals surface area contributed by atoms with E-state index in [0.717, 1.165) is 63.8 Å². The fourth-order valence-corrected chi connectivity index (χ4v) is 3.81. The summed E-state index contributed by atoms with van der Waals surface area (Å²) < 4.78 is 2.07. The molecule has 1 aliphatic heterocycles. The quantitative estimate of drug-likeness (QED) is 0.418. The number of hydrogen-bond donors (Lipinski definition) is 2. The van der Waals surface area contributed by atoms with Gasteiger partial charge in [-0.3, -0.25) is 14.6 Å². The number of guanidine groups is 1. The van der Waals surface area contributed by atoms with Crippen LogP contribution in [0.5, 0.6) is 0 Å². The zero-order valence-electron chi connectivity index (χ0n) is 17.5. The number of fused-ring (bicyclic) bond motifs is 1. The van der Waals surface area contributed by atoms with Crippen molar-refractivity contribution in [2.45, 2.75) is 46.2 Å². The van der Waals surface area contributed by atoms with Crippen molar-refractivity contribution in [2.24, 2.45) is 4.99 Å². The topological polar surface area (TPSA) is 57.5 Å². The number of hydrogen-bond acceptors (Lipinski definition) is 3. The minimum atomic E-state index is 0.886. The van der Waals surface area contributed by atoms with Crippen LogP contribution in [-0.2, 0) is 19.5 Å². The van der Waals surface area contributed by atoms with Gasteiger partial charge in [0.05, 0.1) is 5.69 Å². The average molecular weight is 383 g/mol. The van der Waals surface area contributed by atoms with E-state index < -0.39 is 0 Å². The molecule has 152 valence electrons. The number of benzene rings is 1. The van der Waals surface area contributed by atoms with Crippen LogP contribution in [-0.4, -0.2) is 53.9 Å². The van der Waals surface area contributed by atoms with Crippen LogP contribution in [0.4, 0.5) is 0 Å². The van der Waals surface area contributed by atoms with Crippen LogP contribution in [0.1, 0.15) is 35.4 Å². The number of rotatable bonds is 8. The second-order valence-corrected chi connectivity index (χ2v) is 7.58. The zero-order chi connectivity index (χ0) is 19.8. The normalized spacial score (nSPS) is 14.8. The summed E-state index contributed by atoms with van der Waals surface area (Å²) in [5, 5.41) is 11.3. The molecule has 0 saturated carbocycles. The van der Waals surface area contributed by atoms with E-state index in [1.165, 1.54) is 23.2 Å². The molecule has 0 fully saturated rings. The molecule has 6 heteroatoms. The lowest BCUT2D eigenvalue weighted by atomic mass is 10.00. The molecule has 0 radical (unpaired) electrons. The monoisotopic (exact) mass is 382 g/mol. The number of nitrogens with zero attached hydrogens (tertiary/aromatic N) is 4. The van der Waals surface area contributed by atoms with Crippen LogP contribution in [0.2, 0.25) is 0 Å². The van der Waals surface area contributed by atoms with E-state index >= 15 is 0 Å². The van der Waals surface area contributed by atoms with E-state index in [1.807, 2.05) is 14.0 Å². The Morgan fingerprint density at radius 3 is 2.46 bits per heavy atom. The predicted molar refractivity (Wildman–Crippen MR) is 116 cm³/mol. The summed E-state index contributed by atoms with van der Waals surface area (Å²) in [7, 11) is 1.83. The molecule has 2 heterocycles. The van der Waals surface area contributed by atoms with Gasteiger partial charge < -0.3 is 10.6 Å². The number of aryl methyl sites for hydroxylation is 3. The lowest BCUT2D eigenvalue weighted by Gasteiger charge is -2.28. The highest BCUT2D eigenvalue weighted by Gasteiger charge is 2.14. The van der Waals surface area contributed by atoms with Crippen molar-refractivity contribution in [1.82, 2.24) is 25.3 Å². The van der Waals surface area contributed by atoms with Crippen molar-refractivity contribution in [3.63, 3.8) is 0 Å². The van der Waals surface area contributed by atoms with Gasteiger partial charge in [-0.15, -0.1) is 0 Å². The first-order valence-electron chi connectivity index (χ1n) is 10.4. The van der Waals surface area contributed by atoms with Crippen LogP contribution in [0.25, 0.3) is 0 Å². The molecule has 0 unspecified atom stereocenters. The van der Waals surface area contributed by atoms with E-state index in [2.05, 4.69) is 67.6 Å². The van der Waals surface area contributed by atoms with Crippen molar-refractivity contribution in [2.75, 3.05) is 33.2 Å². The highest BCUT2D eigenvalue weighted by molar-refractivity contribution is 5.79. The van der Waals surface area contributed by atoms with Gasteiger partial charge >= 0.3 is 0 Å². The van der Waals surface area contributed by atoms with Gasteiger partial charge in [-0.2, -0.15) is 5.10 Å². The fraction of sp³-hybridized carbons (Fsp3) is 0.545. The first-order chi connectivity index (χ1) is 13.7. The van der Waals surface area contributed by atoms with Gasteiger partial charge in [0.1, 0.15) is 0 Å². The third kappa shape index (κ3) is 5.83. The van der Waals surface area contributed by atoms with Crippen molar-refractivity contribution >= 4 is 5.96 Å². The van der Waals surface area contributed by atoms with Gasteiger partial charge in [0.15, 0.2) is 5.96 Å². The van der Waals surface area contributed by atoms with E-state index in [9.17, 15) is 0 Å². The molecule has 2 N–H and O–H groups in total. The molecule has 1 aromatic heterocycles. The van der Waals surface area contributed by atoms with E-state index in [0.29, 0.717) is 0 Å². The first kappa shape index (κ1) is 20.4. The SMILES string of the molecule is CN=C(NCCCN1CCc2ccccc2C1)NCCCn1nc(C)cc1C. The summed E-state index contributed by atoms with van der Waals surface area (Å²) >= 11 is 0. The maximum atomic E-state index is 4.50. The zero-order valence-corrected chi connectivity index (χ0v) is 17.5. The Bertz CT molecular complexity index is 779. The lowest BCUT2D eigenvalue weighted by Crippen LogP contribution is -2.39. The van der Waals surface area contributed by atoms with Crippen molar-refractivity contribution in [3.05, 3.63) is 52.8 Å². The molecule has 3 rings (SSSR count). The summed E-state index contributed by atoms with van der Waals surface area (Å²) in [6.45, 7) is 10.3. The van der Waals surface area contributed by atoms with Crippen LogP contribution < -0.4 is 10.6 Å². The first-order valence-corrected chi connectivity index (χ1v) is 10.4. The summed E-state index contributed by atoms with van der Waals surface area (Å²) in [5.74, 6) is 0.886. The smallest absolute Gasteiger partial charge is 0.190 e. The molecule has 0 aliphatic carbocycles. The third-order valence-corrected chi connectivity index (χ3v) is 5.32. The molecule has 6 nitrogen and oxygen atoms in total. The predicted octanol–water partition coefficient (Wildman–Crippen LogP) is 2.50. The van der Waals surface area contributed by atoms with Gasteiger partial charge in [-0.05, 0) is 50.3 Å².